The molecule has 1 aliphatic rings. The highest BCUT2D eigenvalue weighted by Crippen LogP contribution is 2.20. The van der Waals surface area contributed by atoms with Crippen LogP contribution in [0.3, 0.4) is 0 Å². The van der Waals surface area contributed by atoms with Crippen LogP contribution in [0.2, 0.25) is 0 Å². The van der Waals surface area contributed by atoms with Gasteiger partial charge in [0.2, 0.25) is 0 Å². The van der Waals surface area contributed by atoms with E-state index >= 15 is 0 Å². The zero-order valence-electron chi connectivity index (χ0n) is 6.66. The molecular weight excluding hydrogens is 144 g/mol. The minimum atomic E-state index is -0.718. The molecule has 0 aliphatic carbocycles. The molecule has 1 aliphatic heterocycles. The van der Waals surface area contributed by atoms with E-state index in [4.69, 9.17) is 10.8 Å². The van der Waals surface area contributed by atoms with Gasteiger partial charge in [-0.25, -0.2) is 0 Å². The first-order valence-electron chi connectivity index (χ1n) is 3.76. The molecule has 0 radical (unpaired) electrons. The second-order valence-corrected chi connectivity index (χ2v) is 3.16. The van der Waals surface area contributed by atoms with Crippen LogP contribution in [-0.4, -0.2) is 42.7 Å². The zero-order valence-corrected chi connectivity index (χ0v) is 6.66. The molecule has 4 heteroatoms. The summed E-state index contributed by atoms with van der Waals surface area (Å²) < 4.78 is 0. The van der Waals surface area contributed by atoms with Gasteiger partial charge in [0, 0.05) is 13.1 Å². The summed E-state index contributed by atoms with van der Waals surface area (Å²) in [5.74, 6) is -0.840. The first kappa shape index (κ1) is 8.49. The molecule has 1 rings (SSSR count). The van der Waals surface area contributed by atoms with Crippen molar-refractivity contribution < 1.29 is 9.90 Å². The van der Waals surface area contributed by atoms with Crippen molar-refractivity contribution in [2.75, 3.05) is 26.7 Å². The quantitative estimate of drug-likeness (QED) is 0.552. The van der Waals surface area contributed by atoms with Gasteiger partial charge in [0.25, 0.3) is 0 Å². The van der Waals surface area contributed by atoms with E-state index in [9.17, 15) is 4.79 Å². The minimum absolute atomic E-state index is 0.137. The molecule has 1 fully saturated rings. The standard InChI is InChI=1S/C7H14N2O2/c1-9-3-5(2-8)6(4-9)7(10)11/h5-6H,2-4,8H2,1H3,(H,10,11)/t5-,6-/m1/s1. The summed E-state index contributed by atoms with van der Waals surface area (Å²) in [6.07, 6.45) is 0. The predicted octanol–water partition coefficient (Wildman–Crippen LogP) is -0.792. The Morgan fingerprint density at radius 3 is 2.73 bits per heavy atom. The lowest BCUT2D eigenvalue weighted by Crippen LogP contribution is -2.27. The van der Waals surface area contributed by atoms with Crippen molar-refractivity contribution in [3.05, 3.63) is 0 Å². The van der Waals surface area contributed by atoms with Crippen LogP contribution < -0.4 is 5.73 Å². The number of aliphatic carboxylic acids is 1. The highest BCUT2D eigenvalue weighted by molar-refractivity contribution is 5.71. The van der Waals surface area contributed by atoms with E-state index in [1.165, 1.54) is 0 Å². The second kappa shape index (κ2) is 3.19. The summed E-state index contributed by atoms with van der Waals surface area (Å²) >= 11 is 0. The van der Waals surface area contributed by atoms with Crippen LogP contribution in [-0.2, 0) is 4.79 Å². The summed E-state index contributed by atoms with van der Waals surface area (Å²) in [5.41, 5.74) is 5.43. The Hall–Kier alpha value is -0.610. The number of rotatable bonds is 2. The van der Waals surface area contributed by atoms with Crippen molar-refractivity contribution in [3.63, 3.8) is 0 Å². The number of hydrogen-bond acceptors (Lipinski definition) is 3. The lowest BCUT2D eigenvalue weighted by Gasteiger charge is -2.10. The van der Waals surface area contributed by atoms with Gasteiger partial charge in [-0.1, -0.05) is 0 Å². The van der Waals surface area contributed by atoms with Crippen LogP contribution in [0.25, 0.3) is 0 Å². The first-order valence-corrected chi connectivity index (χ1v) is 3.76. The van der Waals surface area contributed by atoms with E-state index in [0.29, 0.717) is 13.1 Å². The van der Waals surface area contributed by atoms with Gasteiger partial charge in [0.1, 0.15) is 0 Å². The lowest BCUT2D eigenvalue weighted by molar-refractivity contribution is -0.142. The van der Waals surface area contributed by atoms with Crippen molar-refractivity contribution in [1.82, 2.24) is 4.90 Å². The number of carbonyl (C=O) groups is 1. The van der Waals surface area contributed by atoms with Gasteiger partial charge in [-0.3, -0.25) is 4.79 Å². The zero-order chi connectivity index (χ0) is 8.43. The summed E-state index contributed by atoms with van der Waals surface area (Å²) in [4.78, 5) is 12.6. The number of nitrogens with two attached hydrogens (primary N) is 1. The summed E-state index contributed by atoms with van der Waals surface area (Å²) in [6, 6.07) is 0. The van der Waals surface area contributed by atoms with Crippen LogP contribution in [0.1, 0.15) is 0 Å². The third-order valence-corrected chi connectivity index (χ3v) is 2.24. The third-order valence-electron chi connectivity index (χ3n) is 2.24. The molecule has 0 bridgehead atoms. The topological polar surface area (TPSA) is 66.6 Å². The van der Waals surface area contributed by atoms with E-state index in [1.54, 1.807) is 0 Å². The smallest absolute Gasteiger partial charge is 0.308 e. The number of hydrogen-bond donors (Lipinski definition) is 2. The molecule has 0 amide bonds. The Morgan fingerprint density at radius 2 is 2.36 bits per heavy atom. The molecule has 2 atom stereocenters. The van der Waals surface area contributed by atoms with Crippen molar-refractivity contribution in [2.45, 2.75) is 0 Å². The fourth-order valence-electron chi connectivity index (χ4n) is 1.61. The largest absolute Gasteiger partial charge is 0.481 e. The van der Waals surface area contributed by atoms with E-state index in [0.717, 1.165) is 6.54 Å². The highest BCUT2D eigenvalue weighted by Gasteiger charge is 2.34. The monoisotopic (exact) mass is 158 g/mol. The molecule has 0 aromatic carbocycles. The van der Waals surface area contributed by atoms with Gasteiger partial charge in [0.15, 0.2) is 0 Å². The normalized spacial score (nSPS) is 32.5. The molecule has 0 spiro atoms. The average molecular weight is 158 g/mol. The van der Waals surface area contributed by atoms with E-state index in [1.807, 2.05) is 11.9 Å². The Balaban J connectivity index is 2.57. The lowest BCUT2D eigenvalue weighted by atomic mass is 9.97. The Labute approximate surface area is 66.0 Å². The predicted molar refractivity (Wildman–Crippen MR) is 41.2 cm³/mol. The van der Waals surface area contributed by atoms with Crippen LogP contribution >= 0.6 is 0 Å². The maximum atomic E-state index is 10.6. The van der Waals surface area contributed by atoms with Crippen LogP contribution in [0, 0.1) is 11.8 Å². The third kappa shape index (κ3) is 1.70. The van der Waals surface area contributed by atoms with Gasteiger partial charge >= 0.3 is 5.97 Å². The second-order valence-electron chi connectivity index (χ2n) is 3.16. The number of nitrogens with zero attached hydrogens (tertiary/aromatic N) is 1. The molecular formula is C7H14N2O2. The van der Waals surface area contributed by atoms with Gasteiger partial charge in [0.05, 0.1) is 5.92 Å². The van der Waals surface area contributed by atoms with E-state index < -0.39 is 5.97 Å². The summed E-state index contributed by atoms with van der Waals surface area (Å²) in [6.45, 7) is 1.92. The van der Waals surface area contributed by atoms with Crippen LogP contribution in [0.4, 0.5) is 0 Å². The van der Waals surface area contributed by atoms with Crippen LogP contribution in [0.15, 0.2) is 0 Å². The highest BCUT2D eigenvalue weighted by atomic mass is 16.4. The molecule has 3 N–H and O–H groups in total. The first-order chi connectivity index (χ1) is 5.15. The molecule has 0 aromatic heterocycles. The molecule has 4 nitrogen and oxygen atoms in total. The van der Waals surface area contributed by atoms with E-state index in [2.05, 4.69) is 0 Å². The van der Waals surface area contributed by atoms with Gasteiger partial charge < -0.3 is 15.7 Å². The fraction of sp³-hybridized carbons (Fsp3) is 0.857. The number of carboxylic acid groups (broad SMARTS) is 1. The molecule has 1 heterocycles. The van der Waals surface area contributed by atoms with Crippen molar-refractivity contribution in [1.29, 1.82) is 0 Å². The minimum Gasteiger partial charge on any atom is -0.481 e. The maximum absolute atomic E-state index is 10.6. The molecule has 0 unspecified atom stereocenters. The Morgan fingerprint density at radius 1 is 1.73 bits per heavy atom. The molecule has 1 saturated heterocycles. The van der Waals surface area contributed by atoms with Crippen molar-refractivity contribution in [2.24, 2.45) is 17.6 Å². The molecule has 11 heavy (non-hydrogen) atoms. The summed E-state index contributed by atoms with van der Waals surface area (Å²) in [5, 5.41) is 8.75. The maximum Gasteiger partial charge on any atom is 0.308 e. The van der Waals surface area contributed by atoms with Gasteiger partial charge in [-0.2, -0.15) is 0 Å². The SMILES string of the molecule is CN1C[C@@H](CN)[C@H](C(=O)O)C1. The summed E-state index contributed by atoms with van der Waals surface area (Å²) in [7, 11) is 1.92. The van der Waals surface area contributed by atoms with Gasteiger partial charge in [-0.05, 0) is 19.5 Å². The molecule has 0 saturated carbocycles. The number of carboxylic acids is 1. The molecule has 0 aromatic rings. The Bertz CT molecular complexity index is 161. The van der Waals surface area contributed by atoms with Crippen LogP contribution in [0.5, 0.6) is 0 Å². The average Bonchev–Trinajstić information content (AvgIpc) is 2.30. The number of likely N-dealkylation sites (tertiary alicyclic amines) is 1. The Kier molecular flexibility index (Phi) is 2.46. The molecule has 64 valence electrons. The van der Waals surface area contributed by atoms with E-state index in [-0.39, 0.29) is 11.8 Å². The van der Waals surface area contributed by atoms with Gasteiger partial charge in [-0.15, -0.1) is 0 Å². The van der Waals surface area contributed by atoms with Crippen molar-refractivity contribution >= 4 is 5.97 Å². The fourth-order valence-corrected chi connectivity index (χ4v) is 1.61. The van der Waals surface area contributed by atoms with Crippen molar-refractivity contribution in [3.8, 4) is 0 Å².